The largest absolute Gasteiger partial charge is 0.507 e. The van der Waals surface area contributed by atoms with Gasteiger partial charge in [-0.3, -0.25) is 4.79 Å². The summed E-state index contributed by atoms with van der Waals surface area (Å²) in [6.07, 6.45) is 2.51. The maximum absolute atomic E-state index is 12.5. The van der Waals surface area contributed by atoms with Crippen LogP contribution in [0.4, 0.5) is 5.82 Å². The van der Waals surface area contributed by atoms with Gasteiger partial charge in [0, 0.05) is 24.5 Å². The van der Waals surface area contributed by atoms with Crippen molar-refractivity contribution in [2.45, 2.75) is 44.3 Å². The lowest BCUT2D eigenvalue weighted by Crippen LogP contribution is -2.49. The van der Waals surface area contributed by atoms with E-state index in [1.165, 1.54) is 0 Å². The highest BCUT2D eigenvalue weighted by molar-refractivity contribution is 7.21. The van der Waals surface area contributed by atoms with Crippen molar-refractivity contribution in [2.75, 3.05) is 18.0 Å². The van der Waals surface area contributed by atoms with E-state index in [9.17, 15) is 9.90 Å². The minimum absolute atomic E-state index is 0.0905. The first-order chi connectivity index (χ1) is 14.9. The molecule has 6 nitrogen and oxygen atoms in total. The molecule has 2 unspecified atom stereocenters. The van der Waals surface area contributed by atoms with Crippen molar-refractivity contribution in [3.8, 4) is 17.1 Å². The normalized spacial score (nSPS) is 16.8. The first-order valence-corrected chi connectivity index (χ1v) is 11.4. The molecule has 1 aromatic heterocycles. The van der Waals surface area contributed by atoms with Crippen molar-refractivity contribution < 1.29 is 9.90 Å². The molecular weight excluding hydrogens is 407 g/mol. The maximum atomic E-state index is 12.5. The highest BCUT2D eigenvalue weighted by Gasteiger charge is 2.30. The van der Waals surface area contributed by atoms with Gasteiger partial charge in [0.1, 0.15) is 11.6 Å². The maximum Gasteiger partial charge on any atom is 0.229 e. The molecule has 2 aromatic carbocycles. The minimum atomic E-state index is -0.424. The first-order valence-electron chi connectivity index (χ1n) is 10.8. The molecule has 162 valence electrons. The Morgan fingerprint density at radius 1 is 1.16 bits per heavy atom. The van der Waals surface area contributed by atoms with E-state index in [1.807, 2.05) is 50.2 Å². The third kappa shape index (κ3) is 4.49. The lowest BCUT2D eigenvalue weighted by atomic mass is 10.0. The number of carbonyl (C=O) groups excluding carboxylic acids is 1. The summed E-state index contributed by atoms with van der Waals surface area (Å²) in [4.78, 5) is 24.3. The summed E-state index contributed by atoms with van der Waals surface area (Å²) < 4.78 is 0. The van der Waals surface area contributed by atoms with Crippen LogP contribution in [-0.2, 0) is 4.79 Å². The van der Waals surface area contributed by atoms with Crippen molar-refractivity contribution in [3.05, 3.63) is 48.5 Å². The Morgan fingerprint density at radius 2 is 1.84 bits per heavy atom. The van der Waals surface area contributed by atoms with E-state index >= 15 is 0 Å². The monoisotopic (exact) mass is 436 g/mol. The number of benzene rings is 2. The number of rotatable bonds is 5. The zero-order valence-corrected chi connectivity index (χ0v) is 19.2. The molecule has 0 aliphatic carbocycles. The number of piperidine rings is 1. The average molecular weight is 436 g/mol. The second-order valence-electron chi connectivity index (χ2n) is 8.41. The Kier molecular flexibility index (Phi) is 6.10. The number of para-hydroxylation sites is 2. The summed E-state index contributed by atoms with van der Waals surface area (Å²) in [5.41, 5.74) is 1.47. The minimum Gasteiger partial charge on any atom is -0.507 e. The Balaban J connectivity index is 1.59. The van der Waals surface area contributed by atoms with Gasteiger partial charge in [-0.15, -0.1) is 9.24 Å². The summed E-state index contributed by atoms with van der Waals surface area (Å²) in [6.45, 7) is 5.57. The van der Waals surface area contributed by atoms with E-state index in [4.69, 9.17) is 9.97 Å². The molecule has 1 fully saturated rings. The number of fused-ring (bicyclic) bond motifs is 1. The molecule has 7 heteroatoms. The highest BCUT2D eigenvalue weighted by Crippen LogP contribution is 2.32. The Morgan fingerprint density at radius 3 is 2.55 bits per heavy atom. The number of anilines is 1. The van der Waals surface area contributed by atoms with Crippen LogP contribution in [0.15, 0.2) is 48.5 Å². The van der Waals surface area contributed by atoms with Crippen LogP contribution in [0.3, 0.4) is 0 Å². The van der Waals surface area contributed by atoms with Crippen molar-refractivity contribution in [2.24, 2.45) is 0 Å². The van der Waals surface area contributed by atoms with Crippen LogP contribution < -0.4 is 10.2 Å². The molecule has 0 saturated carbocycles. The molecular formula is C24H29N4O2P. The van der Waals surface area contributed by atoms with Gasteiger partial charge in [0.2, 0.25) is 5.91 Å². The van der Waals surface area contributed by atoms with Gasteiger partial charge in [-0.25, -0.2) is 9.97 Å². The van der Waals surface area contributed by atoms with E-state index in [2.05, 4.69) is 19.5 Å². The summed E-state index contributed by atoms with van der Waals surface area (Å²) in [7, 11) is 2.67. The molecule has 2 heterocycles. The Labute approximate surface area is 185 Å². The number of hydrogen-bond donors (Lipinski definition) is 2. The number of aromatic nitrogens is 2. The zero-order valence-electron chi connectivity index (χ0n) is 18.0. The predicted octanol–water partition coefficient (Wildman–Crippen LogP) is 4.13. The third-order valence-electron chi connectivity index (χ3n) is 6.11. The van der Waals surface area contributed by atoms with E-state index in [-0.39, 0.29) is 17.7 Å². The molecule has 1 aliphatic rings. The number of phenolic OH excluding ortho intramolecular Hbond substituents is 1. The molecule has 0 radical (unpaired) electrons. The number of hydrogen-bond acceptors (Lipinski definition) is 5. The van der Waals surface area contributed by atoms with Gasteiger partial charge in [-0.05, 0) is 50.5 Å². The van der Waals surface area contributed by atoms with Crippen molar-refractivity contribution in [1.82, 2.24) is 15.3 Å². The number of phenols is 1. The summed E-state index contributed by atoms with van der Waals surface area (Å²) >= 11 is 0. The van der Waals surface area contributed by atoms with E-state index < -0.39 is 5.16 Å². The van der Waals surface area contributed by atoms with Crippen LogP contribution in [0.2, 0.25) is 0 Å². The number of aromatic hydroxyl groups is 1. The molecule has 31 heavy (non-hydrogen) atoms. The molecule has 0 bridgehead atoms. The summed E-state index contributed by atoms with van der Waals surface area (Å²) in [6, 6.07) is 15.3. The molecule has 4 rings (SSSR count). The Hall–Kier alpha value is -2.72. The number of nitrogens with one attached hydrogen (secondary N) is 1. The molecule has 1 saturated heterocycles. The van der Waals surface area contributed by atoms with Crippen LogP contribution >= 0.6 is 9.24 Å². The SMILES string of the molecule is CCC(C)(P)C(=O)NC1CCN(c2nc(-c3ccccc3O)nc3ccccc23)CC1. The van der Waals surface area contributed by atoms with Gasteiger partial charge >= 0.3 is 0 Å². The lowest BCUT2D eigenvalue weighted by Gasteiger charge is -2.35. The van der Waals surface area contributed by atoms with Gasteiger partial charge < -0.3 is 15.3 Å². The molecule has 0 spiro atoms. The van der Waals surface area contributed by atoms with Gasteiger partial charge in [-0.2, -0.15) is 0 Å². The molecule has 2 N–H and O–H groups in total. The quantitative estimate of drug-likeness (QED) is 0.588. The number of amides is 1. The van der Waals surface area contributed by atoms with Crippen molar-refractivity contribution >= 4 is 31.9 Å². The molecule has 1 aliphatic heterocycles. The first kappa shape index (κ1) is 21.5. The standard InChI is InChI=1S/C24H29N4O2P/c1-3-24(2,31)23(30)25-16-12-14-28(15-13-16)22-17-8-4-6-10-19(17)26-21(27-22)18-9-5-7-11-20(18)29/h4-11,16,29H,3,12-15,31H2,1-2H3,(H,25,30). The Bertz CT molecular complexity index is 1090. The third-order valence-corrected chi connectivity index (χ3v) is 6.78. The molecule has 2 atom stereocenters. The van der Waals surface area contributed by atoms with Crippen LogP contribution in [-0.4, -0.2) is 45.3 Å². The van der Waals surface area contributed by atoms with Crippen LogP contribution in [0.1, 0.15) is 33.1 Å². The van der Waals surface area contributed by atoms with Gasteiger partial charge in [0.25, 0.3) is 0 Å². The average Bonchev–Trinajstić information content (AvgIpc) is 2.79. The fourth-order valence-electron chi connectivity index (χ4n) is 3.83. The lowest BCUT2D eigenvalue weighted by molar-refractivity contribution is -0.124. The van der Waals surface area contributed by atoms with E-state index in [0.717, 1.165) is 49.1 Å². The highest BCUT2D eigenvalue weighted by atomic mass is 31.0. The predicted molar refractivity (Wildman–Crippen MR) is 128 cm³/mol. The van der Waals surface area contributed by atoms with Crippen LogP contribution in [0, 0.1) is 0 Å². The van der Waals surface area contributed by atoms with Crippen LogP contribution in [0.25, 0.3) is 22.3 Å². The smallest absolute Gasteiger partial charge is 0.229 e. The zero-order chi connectivity index (χ0) is 22.0. The number of nitrogens with zero attached hydrogens (tertiary/aromatic N) is 3. The van der Waals surface area contributed by atoms with Crippen molar-refractivity contribution in [3.63, 3.8) is 0 Å². The second-order valence-corrected chi connectivity index (χ2v) is 9.69. The van der Waals surface area contributed by atoms with E-state index in [0.29, 0.717) is 11.4 Å². The van der Waals surface area contributed by atoms with Gasteiger partial charge in [-0.1, -0.05) is 31.2 Å². The van der Waals surface area contributed by atoms with Crippen LogP contribution in [0.5, 0.6) is 5.75 Å². The van der Waals surface area contributed by atoms with Gasteiger partial charge in [0.15, 0.2) is 5.82 Å². The topological polar surface area (TPSA) is 78.4 Å². The van der Waals surface area contributed by atoms with Crippen molar-refractivity contribution in [1.29, 1.82) is 0 Å². The summed E-state index contributed by atoms with van der Waals surface area (Å²) in [5.74, 6) is 1.65. The molecule has 3 aromatic rings. The summed E-state index contributed by atoms with van der Waals surface area (Å²) in [5, 5.41) is 14.1. The van der Waals surface area contributed by atoms with E-state index in [1.54, 1.807) is 12.1 Å². The number of carbonyl (C=O) groups is 1. The molecule has 1 amide bonds. The second kappa shape index (κ2) is 8.80. The van der Waals surface area contributed by atoms with Gasteiger partial charge in [0.05, 0.1) is 16.2 Å². The fraction of sp³-hybridized carbons (Fsp3) is 0.375. The fourth-order valence-corrected chi connectivity index (χ4v) is 3.91.